The van der Waals surface area contributed by atoms with E-state index in [0.29, 0.717) is 25.9 Å². The summed E-state index contributed by atoms with van der Waals surface area (Å²) in [5.41, 5.74) is 3.77. The van der Waals surface area contributed by atoms with Gasteiger partial charge in [0.25, 0.3) is 0 Å². The molecule has 33 heavy (non-hydrogen) atoms. The number of piperidine rings is 1. The molecule has 0 atom stereocenters. The van der Waals surface area contributed by atoms with E-state index in [-0.39, 0.29) is 54.8 Å². The van der Waals surface area contributed by atoms with Crippen molar-refractivity contribution >= 4 is 21.8 Å². The predicted molar refractivity (Wildman–Crippen MR) is 122 cm³/mol. The van der Waals surface area contributed by atoms with Crippen molar-refractivity contribution < 1.29 is 49.1 Å². The Morgan fingerprint density at radius 1 is 0.909 bits per heavy atom. The van der Waals surface area contributed by atoms with Crippen LogP contribution < -0.4 is 4.90 Å². The fraction of sp³-hybridized carbons (Fsp3) is 0.240. The molecule has 0 bridgehead atoms. The van der Waals surface area contributed by atoms with Crippen LogP contribution in [-0.2, 0) is 21.4 Å². The van der Waals surface area contributed by atoms with Gasteiger partial charge < -0.3 is 4.74 Å². The third kappa shape index (κ3) is 4.76. The molecule has 0 unspecified atom stereocenters. The standard InChI is InChI=1S/C25H23N2O4S.U/c28-25-27(24-9-5-4-8-21(24)18-31-25)22-14-16-26(17-15-22)32(29,30)23-12-10-20(11-13-23)19-6-2-1-3-7-19;/h1-3,5-13,22H,14-18H2;/q-1;. The summed E-state index contributed by atoms with van der Waals surface area (Å²) in [6.45, 7) is 0.950. The van der Waals surface area contributed by atoms with E-state index in [9.17, 15) is 13.2 Å². The summed E-state index contributed by atoms with van der Waals surface area (Å²) in [4.78, 5) is 14.4. The van der Waals surface area contributed by atoms with Crippen molar-refractivity contribution in [2.24, 2.45) is 0 Å². The van der Waals surface area contributed by atoms with Crippen LogP contribution in [0.5, 0.6) is 0 Å². The smallest absolute Gasteiger partial charge is 0.412 e. The second kappa shape index (κ2) is 10.0. The minimum Gasteiger partial charge on any atom is -0.457 e. The number of nitrogens with zero attached hydrogens (tertiary/aromatic N) is 2. The Bertz CT molecular complexity index is 1220. The molecule has 3 aromatic carbocycles. The van der Waals surface area contributed by atoms with Crippen LogP contribution in [0.4, 0.5) is 10.5 Å². The van der Waals surface area contributed by atoms with Crippen LogP contribution in [0.25, 0.3) is 11.1 Å². The summed E-state index contributed by atoms with van der Waals surface area (Å²) in [7, 11) is -3.60. The van der Waals surface area contributed by atoms with E-state index in [1.54, 1.807) is 23.1 Å². The molecular formula is C25H23N2O4SU-. The van der Waals surface area contributed by atoms with E-state index in [1.807, 2.05) is 54.6 Å². The van der Waals surface area contributed by atoms with E-state index in [1.165, 1.54) is 4.31 Å². The first-order valence-electron chi connectivity index (χ1n) is 10.6. The van der Waals surface area contributed by atoms with Gasteiger partial charge in [0, 0.05) is 50.2 Å². The normalized spacial score (nSPS) is 17.1. The average Bonchev–Trinajstić information content (AvgIpc) is 2.85. The monoisotopic (exact) mass is 685 g/mol. The Kier molecular flexibility index (Phi) is 7.30. The van der Waals surface area contributed by atoms with Gasteiger partial charge in [0.1, 0.15) is 0 Å². The SMILES string of the molecule is O=C1OCc2c[c-]ccc2N1C1CCN(S(=O)(=O)c2ccc(-c3ccccc3)cc2)CC1.[U]. The molecule has 0 N–H and O–H groups in total. The van der Waals surface area contributed by atoms with Crippen molar-refractivity contribution in [1.29, 1.82) is 0 Å². The van der Waals surface area contributed by atoms with Gasteiger partial charge in [0.15, 0.2) is 0 Å². The summed E-state index contributed by atoms with van der Waals surface area (Å²) in [5, 5.41) is 0. The first kappa shape index (κ1) is 24.0. The number of amides is 1. The quantitative estimate of drug-likeness (QED) is 0.381. The Balaban J connectivity index is 0.00000259. The molecule has 6 nitrogen and oxygen atoms in total. The molecule has 2 aliphatic rings. The Morgan fingerprint density at radius 3 is 2.27 bits per heavy atom. The zero-order chi connectivity index (χ0) is 22.1. The average molecular weight is 686 g/mol. The minimum atomic E-state index is -3.60. The molecule has 0 radical (unpaired) electrons. The third-order valence-corrected chi connectivity index (χ3v) is 8.03. The van der Waals surface area contributed by atoms with Gasteiger partial charge in [0.05, 0.1) is 11.5 Å². The maximum atomic E-state index is 13.2. The van der Waals surface area contributed by atoms with Gasteiger partial charge >= 0.3 is 6.09 Å². The fourth-order valence-electron chi connectivity index (χ4n) is 4.40. The van der Waals surface area contributed by atoms with E-state index in [2.05, 4.69) is 6.07 Å². The Hall–Kier alpha value is -2.11. The van der Waals surface area contributed by atoms with Gasteiger partial charge in [-0.05, 0) is 36.1 Å². The number of hydrogen-bond donors (Lipinski definition) is 0. The number of anilines is 1. The van der Waals surface area contributed by atoms with Crippen molar-refractivity contribution in [2.75, 3.05) is 18.0 Å². The number of rotatable bonds is 4. The van der Waals surface area contributed by atoms with Crippen LogP contribution >= 0.6 is 0 Å². The molecule has 0 saturated carbocycles. The van der Waals surface area contributed by atoms with Crippen LogP contribution in [0.3, 0.4) is 0 Å². The summed E-state index contributed by atoms with van der Waals surface area (Å²) in [6.07, 6.45) is 0.727. The number of sulfonamides is 1. The predicted octanol–water partition coefficient (Wildman–Crippen LogP) is 4.46. The number of carbonyl (C=O) groups is 1. The van der Waals surface area contributed by atoms with Crippen molar-refractivity contribution in [3.63, 3.8) is 0 Å². The molecule has 168 valence electrons. The molecule has 5 rings (SSSR count). The molecule has 1 fully saturated rings. The van der Waals surface area contributed by atoms with Crippen molar-refractivity contribution in [1.82, 2.24) is 4.31 Å². The van der Waals surface area contributed by atoms with Crippen LogP contribution in [0.2, 0.25) is 0 Å². The largest absolute Gasteiger partial charge is 0.457 e. The van der Waals surface area contributed by atoms with Crippen LogP contribution in [0.15, 0.2) is 77.7 Å². The first-order chi connectivity index (χ1) is 15.5. The molecule has 3 aromatic rings. The van der Waals surface area contributed by atoms with E-state index >= 15 is 0 Å². The van der Waals surface area contributed by atoms with Crippen LogP contribution in [0.1, 0.15) is 18.4 Å². The first-order valence-corrected chi connectivity index (χ1v) is 12.1. The number of benzene rings is 3. The molecular weight excluding hydrogens is 662 g/mol. The van der Waals surface area contributed by atoms with E-state index < -0.39 is 10.0 Å². The number of hydrogen-bond acceptors (Lipinski definition) is 4. The summed E-state index contributed by atoms with van der Waals surface area (Å²) in [5.74, 6) is 0. The summed E-state index contributed by atoms with van der Waals surface area (Å²) < 4.78 is 33.2. The minimum absolute atomic E-state index is 0. The maximum Gasteiger partial charge on any atom is 0.412 e. The maximum absolute atomic E-state index is 13.2. The molecule has 0 aliphatic carbocycles. The Labute approximate surface area is 218 Å². The van der Waals surface area contributed by atoms with Gasteiger partial charge in [-0.3, -0.25) is 4.90 Å². The molecule has 1 saturated heterocycles. The van der Waals surface area contributed by atoms with Gasteiger partial charge in [-0.2, -0.15) is 22.5 Å². The van der Waals surface area contributed by atoms with Gasteiger partial charge in [-0.1, -0.05) is 53.7 Å². The fourth-order valence-corrected chi connectivity index (χ4v) is 5.87. The molecule has 2 heterocycles. The van der Waals surface area contributed by atoms with Crippen molar-refractivity contribution in [3.8, 4) is 11.1 Å². The van der Waals surface area contributed by atoms with Crippen molar-refractivity contribution in [2.45, 2.75) is 30.4 Å². The Morgan fingerprint density at radius 2 is 1.58 bits per heavy atom. The zero-order valence-corrected chi connectivity index (χ0v) is 23.0. The van der Waals surface area contributed by atoms with Crippen LogP contribution in [0, 0.1) is 37.2 Å². The number of cyclic esters (lactones) is 1. The molecule has 0 spiro atoms. The van der Waals surface area contributed by atoms with Gasteiger partial charge in [0.2, 0.25) is 10.0 Å². The van der Waals surface area contributed by atoms with E-state index in [0.717, 1.165) is 22.4 Å². The third-order valence-electron chi connectivity index (χ3n) is 6.12. The van der Waals surface area contributed by atoms with Crippen molar-refractivity contribution in [3.05, 3.63) is 84.4 Å². The van der Waals surface area contributed by atoms with Gasteiger partial charge in [-0.15, -0.1) is 6.07 Å². The van der Waals surface area contributed by atoms with E-state index in [4.69, 9.17) is 4.74 Å². The molecule has 8 heteroatoms. The van der Waals surface area contributed by atoms with Gasteiger partial charge in [-0.25, -0.2) is 13.2 Å². The molecule has 0 aromatic heterocycles. The molecule has 2 aliphatic heterocycles. The van der Waals surface area contributed by atoms with Crippen LogP contribution in [-0.4, -0.2) is 37.9 Å². The second-order valence-electron chi connectivity index (χ2n) is 8.01. The zero-order valence-electron chi connectivity index (χ0n) is 18.0. The number of carbonyl (C=O) groups excluding carboxylic acids is 1. The number of fused-ring (bicyclic) bond motifs is 1. The second-order valence-corrected chi connectivity index (χ2v) is 9.94. The topological polar surface area (TPSA) is 66.9 Å². The number of ether oxygens (including phenoxy) is 1. The summed E-state index contributed by atoms with van der Waals surface area (Å²) >= 11 is 0. The summed E-state index contributed by atoms with van der Waals surface area (Å²) in [6, 6.07) is 25.3. The molecule has 1 amide bonds.